The second-order valence-corrected chi connectivity index (χ2v) is 3.34. The van der Waals surface area contributed by atoms with Crippen molar-refractivity contribution < 1.29 is 0 Å². The van der Waals surface area contributed by atoms with Gasteiger partial charge in [-0.05, 0) is 6.92 Å². The molecule has 0 bridgehead atoms. The molecule has 76 valence electrons. The van der Waals surface area contributed by atoms with E-state index >= 15 is 0 Å². The lowest BCUT2D eigenvalue weighted by molar-refractivity contribution is 0.555. The monoisotopic (exact) mass is 193 g/mol. The molecule has 1 aromatic heterocycles. The van der Waals surface area contributed by atoms with E-state index in [1.165, 1.54) is 0 Å². The summed E-state index contributed by atoms with van der Waals surface area (Å²) >= 11 is 0. The van der Waals surface area contributed by atoms with E-state index < -0.39 is 0 Å². The summed E-state index contributed by atoms with van der Waals surface area (Å²) in [4.78, 5) is 6.44. The first-order valence-electron chi connectivity index (χ1n) is 4.84. The number of hydrogen-bond donors (Lipinski definition) is 1. The zero-order valence-corrected chi connectivity index (χ0v) is 8.56. The second-order valence-electron chi connectivity index (χ2n) is 3.34. The number of nitrogens with one attached hydrogen (secondary N) is 1. The van der Waals surface area contributed by atoms with Crippen molar-refractivity contribution in [3.8, 4) is 0 Å². The van der Waals surface area contributed by atoms with Crippen LogP contribution in [-0.4, -0.2) is 40.8 Å². The predicted molar refractivity (Wildman–Crippen MR) is 56.5 cm³/mol. The molecular formula is C9H15N5. The molecular weight excluding hydrogens is 178 g/mol. The van der Waals surface area contributed by atoms with Crippen molar-refractivity contribution in [3.63, 3.8) is 0 Å². The maximum absolute atomic E-state index is 4.34. The van der Waals surface area contributed by atoms with Gasteiger partial charge in [0.15, 0.2) is 5.96 Å². The standard InChI is InChI=1S/C9H15N5/c1-3-14-7-8(6-11-14)12-9-10-4-5-13(9)2/h6-7H,3-5H2,1-2H3,(H,10,12). The summed E-state index contributed by atoms with van der Waals surface area (Å²) in [5.74, 6) is 0.931. The van der Waals surface area contributed by atoms with Crippen molar-refractivity contribution >= 4 is 11.6 Å². The normalized spacial score (nSPS) is 15.9. The first-order valence-corrected chi connectivity index (χ1v) is 4.84. The average Bonchev–Trinajstić information content (AvgIpc) is 2.77. The van der Waals surface area contributed by atoms with Crippen LogP contribution in [-0.2, 0) is 6.54 Å². The smallest absolute Gasteiger partial charge is 0.198 e. The molecule has 0 aromatic carbocycles. The van der Waals surface area contributed by atoms with Crippen molar-refractivity contribution in [1.29, 1.82) is 0 Å². The van der Waals surface area contributed by atoms with E-state index in [4.69, 9.17) is 0 Å². The lowest BCUT2D eigenvalue weighted by Crippen LogP contribution is -2.28. The van der Waals surface area contributed by atoms with E-state index in [1.807, 2.05) is 24.1 Å². The highest BCUT2D eigenvalue weighted by atomic mass is 15.3. The van der Waals surface area contributed by atoms with Gasteiger partial charge in [0.05, 0.1) is 18.4 Å². The number of guanidine groups is 1. The summed E-state index contributed by atoms with van der Waals surface area (Å²) in [5, 5.41) is 7.42. The van der Waals surface area contributed by atoms with Gasteiger partial charge in [0.1, 0.15) is 0 Å². The Labute approximate surface area is 83.4 Å². The fourth-order valence-corrected chi connectivity index (χ4v) is 1.40. The van der Waals surface area contributed by atoms with Crippen LogP contribution in [0.25, 0.3) is 0 Å². The number of aryl methyl sites for hydroxylation is 1. The molecule has 0 fully saturated rings. The zero-order valence-electron chi connectivity index (χ0n) is 8.56. The summed E-state index contributed by atoms with van der Waals surface area (Å²) in [7, 11) is 2.03. The highest BCUT2D eigenvalue weighted by Crippen LogP contribution is 2.07. The van der Waals surface area contributed by atoms with Gasteiger partial charge in [0, 0.05) is 26.3 Å². The predicted octanol–water partition coefficient (Wildman–Crippen LogP) is 0.616. The highest BCUT2D eigenvalue weighted by molar-refractivity contribution is 5.94. The molecule has 1 aliphatic heterocycles. The van der Waals surface area contributed by atoms with Crippen molar-refractivity contribution in [1.82, 2.24) is 14.7 Å². The molecule has 0 aliphatic carbocycles. The minimum Gasteiger partial charge on any atom is -0.344 e. The molecule has 0 unspecified atom stereocenters. The third-order valence-corrected chi connectivity index (χ3v) is 2.27. The van der Waals surface area contributed by atoms with Gasteiger partial charge in [-0.3, -0.25) is 9.67 Å². The van der Waals surface area contributed by atoms with Gasteiger partial charge in [0.2, 0.25) is 0 Å². The van der Waals surface area contributed by atoms with Crippen LogP contribution in [0.5, 0.6) is 0 Å². The Hall–Kier alpha value is -1.52. The fraction of sp³-hybridized carbons (Fsp3) is 0.556. The molecule has 0 atom stereocenters. The number of aliphatic imine (C=N–C) groups is 1. The van der Waals surface area contributed by atoms with Crippen molar-refractivity contribution in [2.75, 3.05) is 25.5 Å². The third-order valence-electron chi connectivity index (χ3n) is 2.27. The molecule has 14 heavy (non-hydrogen) atoms. The van der Waals surface area contributed by atoms with E-state index in [2.05, 4.69) is 27.2 Å². The maximum atomic E-state index is 4.34. The van der Waals surface area contributed by atoms with E-state index in [-0.39, 0.29) is 0 Å². The van der Waals surface area contributed by atoms with Gasteiger partial charge >= 0.3 is 0 Å². The second kappa shape index (κ2) is 3.69. The topological polar surface area (TPSA) is 45.5 Å². The molecule has 1 N–H and O–H groups in total. The minimum absolute atomic E-state index is 0.876. The molecule has 1 aliphatic rings. The van der Waals surface area contributed by atoms with Crippen LogP contribution in [0.3, 0.4) is 0 Å². The Morgan fingerprint density at radius 3 is 3.00 bits per heavy atom. The van der Waals surface area contributed by atoms with Crippen LogP contribution in [0.15, 0.2) is 17.4 Å². The van der Waals surface area contributed by atoms with Crippen LogP contribution < -0.4 is 5.32 Å². The van der Waals surface area contributed by atoms with Crippen LogP contribution in [0.4, 0.5) is 5.69 Å². The van der Waals surface area contributed by atoms with E-state index in [9.17, 15) is 0 Å². The number of anilines is 1. The van der Waals surface area contributed by atoms with Crippen LogP contribution in [0.1, 0.15) is 6.92 Å². The van der Waals surface area contributed by atoms with E-state index in [0.717, 1.165) is 31.3 Å². The quantitative estimate of drug-likeness (QED) is 0.748. The van der Waals surface area contributed by atoms with Gasteiger partial charge in [-0.1, -0.05) is 0 Å². The maximum Gasteiger partial charge on any atom is 0.198 e. The number of likely N-dealkylation sites (N-methyl/N-ethyl adjacent to an activating group) is 1. The first kappa shape index (κ1) is 9.05. The highest BCUT2D eigenvalue weighted by Gasteiger charge is 2.12. The van der Waals surface area contributed by atoms with Gasteiger partial charge < -0.3 is 10.2 Å². The molecule has 5 heteroatoms. The van der Waals surface area contributed by atoms with Crippen LogP contribution >= 0.6 is 0 Å². The molecule has 0 amide bonds. The Kier molecular flexibility index (Phi) is 2.39. The largest absolute Gasteiger partial charge is 0.344 e. The van der Waals surface area contributed by atoms with E-state index in [0.29, 0.717) is 0 Å². The van der Waals surface area contributed by atoms with Gasteiger partial charge in [-0.25, -0.2) is 0 Å². The lowest BCUT2D eigenvalue weighted by atomic mass is 10.5. The fourth-order valence-electron chi connectivity index (χ4n) is 1.40. The Morgan fingerprint density at radius 1 is 1.57 bits per heavy atom. The first-order chi connectivity index (χ1) is 6.79. The molecule has 1 aromatic rings. The van der Waals surface area contributed by atoms with Crippen molar-refractivity contribution in [2.45, 2.75) is 13.5 Å². The van der Waals surface area contributed by atoms with Gasteiger partial charge in [-0.2, -0.15) is 5.10 Å². The van der Waals surface area contributed by atoms with Gasteiger partial charge in [-0.15, -0.1) is 0 Å². The molecule has 0 radical (unpaired) electrons. The SMILES string of the molecule is CCn1cc(NC2=NCCN2C)cn1. The van der Waals surface area contributed by atoms with Crippen molar-refractivity contribution in [3.05, 3.63) is 12.4 Å². The summed E-state index contributed by atoms with van der Waals surface area (Å²) < 4.78 is 1.89. The summed E-state index contributed by atoms with van der Waals surface area (Å²) in [5.41, 5.74) is 0.999. The van der Waals surface area contributed by atoms with Crippen LogP contribution in [0, 0.1) is 0 Å². The molecule has 2 heterocycles. The Balaban J connectivity index is 2.03. The number of rotatable bonds is 2. The summed E-state index contributed by atoms with van der Waals surface area (Å²) in [6.45, 7) is 4.82. The Morgan fingerprint density at radius 2 is 2.43 bits per heavy atom. The third kappa shape index (κ3) is 1.71. The van der Waals surface area contributed by atoms with Crippen molar-refractivity contribution in [2.24, 2.45) is 4.99 Å². The lowest BCUT2D eigenvalue weighted by Gasteiger charge is -2.13. The summed E-state index contributed by atoms with van der Waals surface area (Å²) in [6, 6.07) is 0. The van der Waals surface area contributed by atoms with Gasteiger partial charge in [0.25, 0.3) is 0 Å². The van der Waals surface area contributed by atoms with E-state index in [1.54, 1.807) is 0 Å². The average molecular weight is 193 g/mol. The zero-order chi connectivity index (χ0) is 9.97. The number of aromatic nitrogens is 2. The minimum atomic E-state index is 0.876. The summed E-state index contributed by atoms with van der Waals surface area (Å²) in [6.07, 6.45) is 3.80. The number of nitrogens with zero attached hydrogens (tertiary/aromatic N) is 4. The number of hydrogen-bond acceptors (Lipinski definition) is 4. The molecule has 5 nitrogen and oxygen atoms in total. The molecule has 0 spiro atoms. The molecule has 0 saturated carbocycles. The van der Waals surface area contributed by atoms with Crippen LogP contribution in [0.2, 0.25) is 0 Å². The molecule has 0 saturated heterocycles. The Bertz CT molecular complexity index is 341. The molecule has 2 rings (SSSR count).